The molecular weight excluding hydrogens is 300 g/mol. The first kappa shape index (κ1) is 14.7. The van der Waals surface area contributed by atoms with E-state index in [-0.39, 0.29) is 11.4 Å². The fourth-order valence-corrected chi connectivity index (χ4v) is 3.13. The van der Waals surface area contributed by atoms with Crippen molar-refractivity contribution in [3.8, 4) is 0 Å². The van der Waals surface area contributed by atoms with E-state index in [1.807, 2.05) is 13.0 Å². The van der Waals surface area contributed by atoms with E-state index in [1.165, 1.54) is 11.3 Å². The standard InChI is InChI=1S/C13H19BrO2S/c1-6-16-12(15)11-9(7-10(14)17-11)8(2)13(3,4)5/h7-8H,6H2,1-5H3. The van der Waals surface area contributed by atoms with E-state index >= 15 is 0 Å². The molecule has 1 unspecified atom stereocenters. The Balaban J connectivity index is 3.12. The van der Waals surface area contributed by atoms with Crippen molar-refractivity contribution in [3.63, 3.8) is 0 Å². The summed E-state index contributed by atoms with van der Waals surface area (Å²) in [4.78, 5) is 12.6. The maximum absolute atomic E-state index is 11.9. The molecule has 96 valence electrons. The van der Waals surface area contributed by atoms with Gasteiger partial charge in [-0.15, -0.1) is 11.3 Å². The minimum Gasteiger partial charge on any atom is -0.462 e. The van der Waals surface area contributed by atoms with Crippen LogP contribution >= 0.6 is 27.3 Å². The number of carbonyl (C=O) groups is 1. The van der Waals surface area contributed by atoms with Gasteiger partial charge in [0, 0.05) is 0 Å². The van der Waals surface area contributed by atoms with E-state index in [9.17, 15) is 4.79 Å². The highest BCUT2D eigenvalue weighted by atomic mass is 79.9. The molecule has 17 heavy (non-hydrogen) atoms. The van der Waals surface area contributed by atoms with Crippen molar-refractivity contribution in [2.45, 2.75) is 40.5 Å². The number of thiophene rings is 1. The lowest BCUT2D eigenvalue weighted by Gasteiger charge is -2.27. The van der Waals surface area contributed by atoms with Gasteiger partial charge < -0.3 is 4.74 Å². The Kier molecular flexibility index (Phi) is 4.78. The summed E-state index contributed by atoms with van der Waals surface area (Å²) in [6, 6.07) is 2.03. The number of esters is 1. The number of hydrogen-bond donors (Lipinski definition) is 0. The third kappa shape index (κ3) is 3.55. The van der Waals surface area contributed by atoms with E-state index in [0.29, 0.717) is 12.5 Å². The molecule has 1 heterocycles. The third-order valence-corrected chi connectivity index (χ3v) is 4.59. The van der Waals surface area contributed by atoms with Crippen LogP contribution in [0.25, 0.3) is 0 Å². The minimum absolute atomic E-state index is 0.127. The minimum atomic E-state index is -0.214. The molecule has 0 bridgehead atoms. The highest BCUT2D eigenvalue weighted by Crippen LogP contribution is 2.40. The zero-order chi connectivity index (χ0) is 13.2. The van der Waals surface area contributed by atoms with Crippen molar-refractivity contribution in [2.24, 2.45) is 5.41 Å². The Morgan fingerprint density at radius 1 is 1.53 bits per heavy atom. The smallest absolute Gasteiger partial charge is 0.348 e. The highest BCUT2D eigenvalue weighted by Gasteiger charge is 2.28. The monoisotopic (exact) mass is 318 g/mol. The van der Waals surface area contributed by atoms with Gasteiger partial charge in [0.1, 0.15) is 4.88 Å². The van der Waals surface area contributed by atoms with E-state index in [2.05, 4.69) is 43.6 Å². The molecule has 0 N–H and O–H groups in total. The first-order valence-corrected chi connectivity index (χ1v) is 7.34. The van der Waals surface area contributed by atoms with E-state index in [0.717, 1.165) is 14.2 Å². The van der Waals surface area contributed by atoms with Gasteiger partial charge in [-0.1, -0.05) is 27.7 Å². The molecule has 0 aliphatic rings. The van der Waals surface area contributed by atoms with Gasteiger partial charge in [0.25, 0.3) is 0 Å². The first-order chi connectivity index (χ1) is 7.77. The molecular formula is C13H19BrO2S. The van der Waals surface area contributed by atoms with Crippen LogP contribution in [0.3, 0.4) is 0 Å². The normalized spacial score (nSPS) is 13.5. The molecule has 0 aromatic carbocycles. The van der Waals surface area contributed by atoms with Gasteiger partial charge in [-0.25, -0.2) is 4.79 Å². The Bertz CT molecular complexity index is 404. The topological polar surface area (TPSA) is 26.3 Å². The summed E-state index contributed by atoms with van der Waals surface area (Å²) in [5.74, 6) is 0.0961. The Morgan fingerprint density at radius 3 is 2.59 bits per heavy atom. The lowest BCUT2D eigenvalue weighted by Crippen LogP contribution is -2.17. The van der Waals surface area contributed by atoms with Crippen molar-refractivity contribution < 1.29 is 9.53 Å². The molecule has 1 rings (SSSR count). The molecule has 0 amide bonds. The summed E-state index contributed by atoms with van der Waals surface area (Å²) < 4.78 is 6.07. The predicted octanol–water partition coefficient (Wildman–Crippen LogP) is 4.84. The summed E-state index contributed by atoms with van der Waals surface area (Å²) in [6.45, 7) is 10.9. The van der Waals surface area contributed by atoms with Gasteiger partial charge in [-0.3, -0.25) is 0 Å². The molecule has 1 aromatic rings. The highest BCUT2D eigenvalue weighted by molar-refractivity contribution is 9.11. The molecule has 0 aliphatic carbocycles. The van der Waals surface area contributed by atoms with Crippen LogP contribution < -0.4 is 0 Å². The van der Waals surface area contributed by atoms with Crippen LogP contribution in [0.5, 0.6) is 0 Å². The molecule has 0 spiro atoms. The summed E-state index contributed by atoms with van der Waals surface area (Å²) >= 11 is 4.90. The number of hydrogen-bond acceptors (Lipinski definition) is 3. The third-order valence-electron chi connectivity index (χ3n) is 2.96. The summed E-state index contributed by atoms with van der Waals surface area (Å²) in [6.07, 6.45) is 0. The molecule has 4 heteroatoms. The van der Waals surface area contributed by atoms with Gasteiger partial charge in [0.15, 0.2) is 0 Å². The van der Waals surface area contributed by atoms with Crippen LogP contribution in [-0.2, 0) is 4.74 Å². The van der Waals surface area contributed by atoms with Gasteiger partial charge in [0.05, 0.1) is 10.4 Å². The molecule has 0 radical (unpaired) electrons. The van der Waals surface area contributed by atoms with Crippen LogP contribution in [-0.4, -0.2) is 12.6 Å². The maximum atomic E-state index is 11.9. The Labute approximate surface area is 115 Å². The molecule has 0 aliphatic heterocycles. The maximum Gasteiger partial charge on any atom is 0.348 e. The zero-order valence-electron chi connectivity index (χ0n) is 11.0. The SMILES string of the molecule is CCOC(=O)c1sc(Br)cc1C(C)C(C)(C)C. The fourth-order valence-electron chi connectivity index (χ4n) is 1.52. The number of rotatable bonds is 3. The largest absolute Gasteiger partial charge is 0.462 e. The van der Waals surface area contributed by atoms with Crippen molar-refractivity contribution >= 4 is 33.2 Å². The molecule has 1 aromatic heterocycles. The van der Waals surface area contributed by atoms with Crippen molar-refractivity contribution in [2.75, 3.05) is 6.61 Å². The quantitative estimate of drug-likeness (QED) is 0.745. The summed E-state index contributed by atoms with van der Waals surface area (Å²) in [5, 5.41) is 0. The van der Waals surface area contributed by atoms with E-state index < -0.39 is 0 Å². The van der Waals surface area contributed by atoms with Crippen molar-refractivity contribution in [1.82, 2.24) is 0 Å². The number of ether oxygens (including phenoxy) is 1. The fraction of sp³-hybridized carbons (Fsp3) is 0.615. The molecule has 1 atom stereocenters. The second-order valence-electron chi connectivity index (χ2n) is 5.14. The van der Waals surface area contributed by atoms with Gasteiger partial charge in [-0.05, 0) is 45.8 Å². The first-order valence-electron chi connectivity index (χ1n) is 5.73. The second-order valence-corrected chi connectivity index (χ2v) is 7.57. The van der Waals surface area contributed by atoms with Crippen molar-refractivity contribution in [3.05, 3.63) is 20.3 Å². The molecule has 0 saturated heterocycles. The second kappa shape index (κ2) is 5.53. The summed E-state index contributed by atoms with van der Waals surface area (Å²) in [7, 11) is 0. The van der Waals surface area contributed by atoms with E-state index in [1.54, 1.807) is 0 Å². The Morgan fingerprint density at radius 2 is 2.12 bits per heavy atom. The van der Waals surface area contributed by atoms with Crippen LogP contribution in [0.15, 0.2) is 9.85 Å². The molecule has 0 fully saturated rings. The van der Waals surface area contributed by atoms with E-state index in [4.69, 9.17) is 4.74 Å². The lowest BCUT2D eigenvalue weighted by molar-refractivity contribution is 0.0530. The number of halogens is 1. The predicted molar refractivity (Wildman–Crippen MR) is 75.8 cm³/mol. The molecule has 2 nitrogen and oxygen atoms in total. The van der Waals surface area contributed by atoms with Gasteiger partial charge in [0.2, 0.25) is 0 Å². The average molecular weight is 319 g/mol. The van der Waals surface area contributed by atoms with Gasteiger partial charge >= 0.3 is 5.97 Å². The van der Waals surface area contributed by atoms with Gasteiger partial charge in [-0.2, -0.15) is 0 Å². The van der Waals surface area contributed by atoms with Crippen LogP contribution in [0.2, 0.25) is 0 Å². The zero-order valence-corrected chi connectivity index (χ0v) is 13.4. The molecule has 0 saturated carbocycles. The van der Waals surface area contributed by atoms with Crippen LogP contribution in [0, 0.1) is 5.41 Å². The summed E-state index contributed by atoms with van der Waals surface area (Å²) in [5.41, 5.74) is 1.20. The average Bonchev–Trinajstić information content (AvgIpc) is 2.58. The van der Waals surface area contributed by atoms with Crippen LogP contribution in [0.1, 0.15) is 55.8 Å². The lowest BCUT2D eigenvalue weighted by atomic mass is 9.78. The number of carbonyl (C=O) groups excluding carboxylic acids is 1. The van der Waals surface area contributed by atoms with Crippen molar-refractivity contribution in [1.29, 1.82) is 0 Å². The Hall–Kier alpha value is -0.350. The van der Waals surface area contributed by atoms with Crippen LogP contribution in [0.4, 0.5) is 0 Å².